The van der Waals surface area contributed by atoms with Crippen molar-refractivity contribution in [3.05, 3.63) is 55.1 Å². The molecule has 0 aliphatic carbocycles. The Labute approximate surface area is 104 Å². The standard InChI is InChI=1S/C15H20O2/c1-4-6-10-15(17-12-5-2)13-9-7-8-11-14(13)16-3/h4-5,7-9,11,15H,1-2,6,10,12H2,3H3. The van der Waals surface area contributed by atoms with Gasteiger partial charge in [-0.05, 0) is 18.9 Å². The van der Waals surface area contributed by atoms with E-state index in [0.29, 0.717) is 6.61 Å². The molecule has 0 fully saturated rings. The molecule has 92 valence electrons. The lowest BCUT2D eigenvalue weighted by atomic mass is 10.0. The average molecular weight is 232 g/mol. The van der Waals surface area contributed by atoms with Crippen LogP contribution in [0.25, 0.3) is 0 Å². The van der Waals surface area contributed by atoms with Crippen LogP contribution in [0.5, 0.6) is 5.75 Å². The van der Waals surface area contributed by atoms with E-state index in [-0.39, 0.29) is 6.10 Å². The molecule has 0 aliphatic rings. The van der Waals surface area contributed by atoms with Crippen LogP contribution in [0.4, 0.5) is 0 Å². The first kappa shape index (κ1) is 13.5. The van der Waals surface area contributed by atoms with Crippen LogP contribution in [-0.2, 0) is 4.74 Å². The van der Waals surface area contributed by atoms with E-state index in [1.54, 1.807) is 13.2 Å². The zero-order chi connectivity index (χ0) is 12.5. The summed E-state index contributed by atoms with van der Waals surface area (Å²) in [6, 6.07) is 7.94. The van der Waals surface area contributed by atoms with Gasteiger partial charge in [0, 0.05) is 5.56 Å². The summed E-state index contributed by atoms with van der Waals surface area (Å²) in [4.78, 5) is 0. The Hall–Kier alpha value is -1.54. The van der Waals surface area contributed by atoms with Crippen molar-refractivity contribution in [2.24, 2.45) is 0 Å². The molecule has 1 aromatic rings. The van der Waals surface area contributed by atoms with Crippen molar-refractivity contribution >= 4 is 0 Å². The van der Waals surface area contributed by atoms with Crippen LogP contribution in [0, 0.1) is 0 Å². The second-order valence-electron chi connectivity index (χ2n) is 3.72. The van der Waals surface area contributed by atoms with Crippen molar-refractivity contribution in [2.75, 3.05) is 13.7 Å². The molecule has 0 radical (unpaired) electrons. The molecule has 0 heterocycles. The van der Waals surface area contributed by atoms with Crippen molar-refractivity contribution in [1.82, 2.24) is 0 Å². The molecular formula is C15H20O2. The highest BCUT2D eigenvalue weighted by atomic mass is 16.5. The second-order valence-corrected chi connectivity index (χ2v) is 3.72. The summed E-state index contributed by atoms with van der Waals surface area (Å²) in [7, 11) is 1.68. The van der Waals surface area contributed by atoms with Crippen molar-refractivity contribution in [2.45, 2.75) is 18.9 Å². The van der Waals surface area contributed by atoms with Gasteiger partial charge >= 0.3 is 0 Å². The Bertz CT molecular complexity index is 346. The molecule has 0 aromatic heterocycles. The highest BCUT2D eigenvalue weighted by molar-refractivity contribution is 5.35. The normalized spacial score (nSPS) is 11.8. The molecule has 0 N–H and O–H groups in total. The number of hydrogen-bond acceptors (Lipinski definition) is 2. The minimum Gasteiger partial charge on any atom is -0.496 e. The van der Waals surface area contributed by atoms with E-state index in [1.165, 1.54) is 0 Å². The largest absolute Gasteiger partial charge is 0.496 e. The molecule has 17 heavy (non-hydrogen) atoms. The Morgan fingerprint density at radius 1 is 1.24 bits per heavy atom. The molecule has 0 spiro atoms. The van der Waals surface area contributed by atoms with E-state index < -0.39 is 0 Å². The fourth-order valence-corrected chi connectivity index (χ4v) is 1.71. The van der Waals surface area contributed by atoms with Gasteiger partial charge in [-0.2, -0.15) is 0 Å². The van der Waals surface area contributed by atoms with Gasteiger partial charge in [0.15, 0.2) is 0 Å². The Morgan fingerprint density at radius 3 is 2.65 bits per heavy atom. The Balaban J connectivity index is 2.85. The molecule has 0 bridgehead atoms. The molecule has 1 rings (SSSR count). The molecule has 0 aliphatic heterocycles. The van der Waals surface area contributed by atoms with Crippen molar-refractivity contribution in [1.29, 1.82) is 0 Å². The first-order valence-corrected chi connectivity index (χ1v) is 5.79. The molecule has 1 unspecified atom stereocenters. The SMILES string of the molecule is C=CCCC(OCC=C)c1ccccc1OC. The van der Waals surface area contributed by atoms with Crippen molar-refractivity contribution in [3.8, 4) is 5.75 Å². The fraction of sp³-hybridized carbons (Fsp3) is 0.333. The van der Waals surface area contributed by atoms with E-state index >= 15 is 0 Å². The Kier molecular flexibility index (Phi) is 6.12. The minimum absolute atomic E-state index is 0.0298. The number of benzene rings is 1. The molecule has 1 atom stereocenters. The van der Waals surface area contributed by atoms with Crippen molar-refractivity contribution < 1.29 is 9.47 Å². The highest BCUT2D eigenvalue weighted by Gasteiger charge is 2.15. The van der Waals surface area contributed by atoms with Gasteiger partial charge in [-0.1, -0.05) is 30.4 Å². The summed E-state index contributed by atoms with van der Waals surface area (Å²) in [5.74, 6) is 0.866. The minimum atomic E-state index is 0.0298. The first-order chi connectivity index (χ1) is 8.33. The van der Waals surface area contributed by atoms with Crippen LogP contribution in [0.3, 0.4) is 0 Å². The third-order valence-electron chi connectivity index (χ3n) is 2.53. The molecule has 2 heteroatoms. The second kappa shape index (κ2) is 7.69. The first-order valence-electron chi connectivity index (χ1n) is 5.79. The molecule has 0 saturated heterocycles. The fourth-order valence-electron chi connectivity index (χ4n) is 1.71. The van der Waals surface area contributed by atoms with Gasteiger partial charge in [-0.3, -0.25) is 0 Å². The van der Waals surface area contributed by atoms with Gasteiger partial charge in [0.05, 0.1) is 19.8 Å². The topological polar surface area (TPSA) is 18.5 Å². The molecule has 2 nitrogen and oxygen atoms in total. The number of rotatable bonds is 8. The van der Waals surface area contributed by atoms with Gasteiger partial charge in [-0.25, -0.2) is 0 Å². The summed E-state index contributed by atoms with van der Waals surface area (Å²) < 4.78 is 11.1. The van der Waals surface area contributed by atoms with Crippen molar-refractivity contribution in [3.63, 3.8) is 0 Å². The number of ether oxygens (including phenoxy) is 2. The van der Waals surface area contributed by atoms with Gasteiger partial charge in [0.1, 0.15) is 5.75 Å². The molecule has 1 aromatic carbocycles. The van der Waals surface area contributed by atoms with Gasteiger partial charge in [0.25, 0.3) is 0 Å². The Morgan fingerprint density at radius 2 is 2.00 bits per heavy atom. The average Bonchev–Trinajstić information content (AvgIpc) is 2.39. The predicted molar refractivity (Wildman–Crippen MR) is 71.3 cm³/mol. The maximum absolute atomic E-state index is 5.78. The van der Waals surface area contributed by atoms with Crippen LogP contribution >= 0.6 is 0 Å². The van der Waals surface area contributed by atoms with E-state index in [0.717, 1.165) is 24.2 Å². The smallest absolute Gasteiger partial charge is 0.124 e. The van der Waals surface area contributed by atoms with E-state index in [9.17, 15) is 0 Å². The zero-order valence-electron chi connectivity index (χ0n) is 10.4. The summed E-state index contributed by atoms with van der Waals surface area (Å²) >= 11 is 0. The van der Waals surface area contributed by atoms with Gasteiger partial charge < -0.3 is 9.47 Å². The third kappa shape index (κ3) is 4.08. The summed E-state index contributed by atoms with van der Waals surface area (Å²) in [6.07, 6.45) is 5.51. The lowest BCUT2D eigenvalue weighted by molar-refractivity contribution is 0.0664. The highest BCUT2D eigenvalue weighted by Crippen LogP contribution is 2.30. The number of para-hydroxylation sites is 1. The van der Waals surface area contributed by atoms with E-state index in [1.807, 2.05) is 30.3 Å². The molecular weight excluding hydrogens is 212 g/mol. The summed E-state index contributed by atoms with van der Waals surface area (Å²) in [6.45, 7) is 7.96. The van der Waals surface area contributed by atoms with Gasteiger partial charge in [0.2, 0.25) is 0 Å². The zero-order valence-corrected chi connectivity index (χ0v) is 10.4. The van der Waals surface area contributed by atoms with Crippen LogP contribution in [0.15, 0.2) is 49.6 Å². The third-order valence-corrected chi connectivity index (χ3v) is 2.53. The molecule has 0 amide bonds. The molecule has 0 saturated carbocycles. The summed E-state index contributed by atoms with van der Waals surface area (Å²) in [5.41, 5.74) is 1.08. The van der Waals surface area contributed by atoms with Crippen LogP contribution in [-0.4, -0.2) is 13.7 Å². The maximum atomic E-state index is 5.78. The van der Waals surface area contributed by atoms with E-state index in [4.69, 9.17) is 9.47 Å². The number of allylic oxidation sites excluding steroid dienone is 1. The lowest BCUT2D eigenvalue weighted by Gasteiger charge is -2.19. The van der Waals surface area contributed by atoms with Crippen LogP contribution in [0.1, 0.15) is 24.5 Å². The van der Waals surface area contributed by atoms with Crippen LogP contribution in [0.2, 0.25) is 0 Å². The monoisotopic (exact) mass is 232 g/mol. The predicted octanol–water partition coefficient (Wildman–Crippen LogP) is 3.91. The maximum Gasteiger partial charge on any atom is 0.124 e. The van der Waals surface area contributed by atoms with Crippen LogP contribution < -0.4 is 4.74 Å². The summed E-state index contributed by atoms with van der Waals surface area (Å²) in [5, 5.41) is 0. The number of hydrogen-bond donors (Lipinski definition) is 0. The quantitative estimate of drug-likeness (QED) is 0.633. The van der Waals surface area contributed by atoms with E-state index in [2.05, 4.69) is 13.2 Å². The number of methoxy groups -OCH3 is 1. The lowest BCUT2D eigenvalue weighted by Crippen LogP contribution is -2.06. The van der Waals surface area contributed by atoms with Gasteiger partial charge in [-0.15, -0.1) is 13.2 Å².